The van der Waals surface area contributed by atoms with Crippen LogP contribution in [0.4, 0.5) is 11.4 Å². The lowest BCUT2D eigenvalue weighted by atomic mass is 10.2. The summed E-state index contributed by atoms with van der Waals surface area (Å²) in [6.07, 6.45) is -0.0733. The summed E-state index contributed by atoms with van der Waals surface area (Å²) in [6, 6.07) is 7.58. The molecule has 134 valence electrons. The molecule has 1 heterocycles. The van der Waals surface area contributed by atoms with E-state index in [-0.39, 0.29) is 27.1 Å². The molecule has 1 unspecified atom stereocenters. The molecule has 0 saturated carbocycles. The zero-order chi connectivity index (χ0) is 19.0. The van der Waals surface area contributed by atoms with Crippen molar-refractivity contribution in [3.05, 3.63) is 57.0 Å². The van der Waals surface area contributed by atoms with Gasteiger partial charge >= 0.3 is 5.97 Å². The molecule has 9 heteroatoms. The number of carboxylic acid groups (broad SMARTS) is 1. The quantitative estimate of drug-likeness (QED) is 0.582. The third-order valence-corrected chi connectivity index (χ3v) is 4.89. The molecule has 1 aliphatic heterocycles. The normalized spacial score (nSPS) is 16.9. The maximum Gasteiger partial charge on any atom is 0.335 e. The second-order valence-electron chi connectivity index (χ2n) is 5.57. The Labute approximate surface area is 163 Å². The molecule has 0 radical (unpaired) electrons. The van der Waals surface area contributed by atoms with E-state index in [4.69, 9.17) is 39.9 Å². The molecule has 0 aromatic heterocycles. The summed E-state index contributed by atoms with van der Waals surface area (Å²) < 4.78 is 0. The van der Waals surface area contributed by atoms with Gasteiger partial charge in [-0.15, -0.1) is 0 Å². The van der Waals surface area contributed by atoms with Crippen molar-refractivity contribution >= 4 is 64.0 Å². The topological polar surface area (TPSA) is 86.7 Å². The molecule has 0 aliphatic carbocycles. The first kappa shape index (κ1) is 18.5. The molecular weight excluding hydrogens is 403 g/mol. The van der Waals surface area contributed by atoms with Crippen LogP contribution in [-0.2, 0) is 9.59 Å². The van der Waals surface area contributed by atoms with E-state index in [1.165, 1.54) is 36.4 Å². The molecule has 0 bridgehead atoms. The number of halogens is 3. The minimum absolute atomic E-state index is 0.0603. The molecule has 2 aromatic rings. The van der Waals surface area contributed by atoms with E-state index in [2.05, 4.69) is 5.32 Å². The number of imide groups is 1. The van der Waals surface area contributed by atoms with Gasteiger partial charge in [0.1, 0.15) is 6.04 Å². The van der Waals surface area contributed by atoms with E-state index in [1.54, 1.807) is 0 Å². The summed E-state index contributed by atoms with van der Waals surface area (Å²) >= 11 is 17.9. The predicted molar refractivity (Wildman–Crippen MR) is 99.4 cm³/mol. The van der Waals surface area contributed by atoms with Crippen LogP contribution in [0.1, 0.15) is 16.8 Å². The Morgan fingerprint density at radius 2 is 1.65 bits per heavy atom. The van der Waals surface area contributed by atoms with Crippen molar-refractivity contribution in [2.75, 3.05) is 10.2 Å². The van der Waals surface area contributed by atoms with Gasteiger partial charge in [-0.2, -0.15) is 0 Å². The van der Waals surface area contributed by atoms with Crippen LogP contribution in [-0.4, -0.2) is 28.9 Å². The molecule has 1 saturated heterocycles. The highest BCUT2D eigenvalue weighted by Gasteiger charge is 2.39. The van der Waals surface area contributed by atoms with Crippen molar-refractivity contribution in [3.63, 3.8) is 0 Å². The number of rotatable bonds is 4. The Kier molecular flexibility index (Phi) is 5.09. The average Bonchev–Trinajstić information content (AvgIpc) is 2.86. The van der Waals surface area contributed by atoms with E-state index in [0.29, 0.717) is 11.4 Å². The summed E-state index contributed by atoms with van der Waals surface area (Å²) in [4.78, 5) is 36.8. The van der Waals surface area contributed by atoms with Crippen molar-refractivity contribution in [2.45, 2.75) is 12.5 Å². The highest BCUT2D eigenvalue weighted by molar-refractivity contribution is 6.44. The monoisotopic (exact) mass is 412 g/mol. The number of amides is 2. The second kappa shape index (κ2) is 7.15. The number of hydrogen-bond donors (Lipinski definition) is 2. The number of nitrogens with one attached hydrogen (secondary N) is 1. The van der Waals surface area contributed by atoms with E-state index < -0.39 is 23.8 Å². The van der Waals surface area contributed by atoms with E-state index >= 15 is 0 Å². The summed E-state index contributed by atoms with van der Waals surface area (Å²) in [5.41, 5.74) is 0.745. The van der Waals surface area contributed by atoms with Gasteiger partial charge in [-0.3, -0.25) is 9.59 Å². The Morgan fingerprint density at radius 1 is 1.04 bits per heavy atom. The molecule has 2 N–H and O–H groups in total. The molecule has 2 amide bonds. The highest BCUT2D eigenvalue weighted by atomic mass is 35.5. The van der Waals surface area contributed by atoms with Crippen LogP contribution >= 0.6 is 34.8 Å². The number of carbonyl (C=O) groups excluding carboxylic acids is 2. The molecular formula is C17H11Cl3N2O4. The van der Waals surface area contributed by atoms with Crippen molar-refractivity contribution in [1.29, 1.82) is 0 Å². The van der Waals surface area contributed by atoms with E-state index in [1.807, 2.05) is 0 Å². The van der Waals surface area contributed by atoms with Crippen molar-refractivity contribution in [2.24, 2.45) is 0 Å². The third-order valence-electron chi connectivity index (χ3n) is 3.86. The Balaban J connectivity index is 1.83. The SMILES string of the molecule is O=C(O)c1ccc(N2C(=O)CC(Nc3cc(Cl)c(Cl)cc3Cl)C2=O)cc1. The number of carbonyl (C=O) groups is 3. The van der Waals surface area contributed by atoms with Gasteiger partial charge in [-0.25, -0.2) is 9.69 Å². The first-order valence-corrected chi connectivity index (χ1v) is 8.52. The van der Waals surface area contributed by atoms with Crippen LogP contribution < -0.4 is 10.2 Å². The van der Waals surface area contributed by atoms with Gasteiger partial charge in [0.15, 0.2) is 0 Å². The molecule has 0 spiro atoms. The van der Waals surface area contributed by atoms with Gasteiger partial charge in [0.2, 0.25) is 5.91 Å². The summed E-state index contributed by atoms with van der Waals surface area (Å²) in [7, 11) is 0. The fourth-order valence-corrected chi connectivity index (χ4v) is 3.19. The maximum absolute atomic E-state index is 12.6. The van der Waals surface area contributed by atoms with Crippen molar-refractivity contribution in [3.8, 4) is 0 Å². The second-order valence-corrected chi connectivity index (χ2v) is 6.79. The molecule has 2 aromatic carbocycles. The molecule has 6 nitrogen and oxygen atoms in total. The molecule has 3 rings (SSSR count). The van der Waals surface area contributed by atoms with Crippen LogP contribution in [0.5, 0.6) is 0 Å². The van der Waals surface area contributed by atoms with Gasteiger partial charge < -0.3 is 10.4 Å². The summed E-state index contributed by atoms with van der Waals surface area (Å²) in [5.74, 6) is -1.98. The number of carboxylic acids is 1. The minimum Gasteiger partial charge on any atom is -0.478 e. The number of anilines is 2. The lowest BCUT2D eigenvalue weighted by Crippen LogP contribution is -2.34. The van der Waals surface area contributed by atoms with Crippen LogP contribution in [0, 0.1) is 0 Å². The van der Waals surface area contributed by atoms with Crippen LogP contribution in [0.15, 0.2) is 36.4 Å². The maximum atomic E-state index is 12.6. The smallest absolute Gasteiger partial charge is 0.335 e. The summed E-state index contributed by atoms with van der Waals surface area (Å²) in [5, 5.41) is 12.6. The van der Waals surface area contributed by atoms with Crippen LogP contribution in [0.2, 0.25) is 15.1 Å². The first-order valence-electron chi connectivity index (χ1n) is 7.39. The molecule has 1 aliphatic rings. The van der Waals surface area contributed by atoms with E-state index in [0.717, 1.165) is 4.90 Å². The molecule has 26 heavy (non-hydrogen) atoms. The number of hydrogen-bond acceptors (Lipinski definition) is 4. The third kappa shape index (κ3) is 3.49. The van der Waals surface area contributed by atoms with Gasteiger partial charge in [-0.05, 0) is 36.4 Å². The van der Waals surface area contributed by atoms with Gasteiger partial charge in [0, 0.05) is 0 Å². The highest BCUT2D eigenvalue weighted by Crippen LogP contribution is 2.34. The van der Waals surface area contributed by atoms with E-state index in [9.17, 15) is 14.4 Å². The minimum atomic E-state index is -1.09. The lowest BCUT2D eigenvalue weighted by molar-refractivity contribution is -0.121. The fourth-order valence-electron chi connectivity index (χ4n) is 2.59. The fraction of sp³-hybridized carbons (Fsp3) is 0.118. The lowest BCUT2D eigenvalue weighted by Gasteiger charge is -2.17. The van der Waals surface area contributed by atoms with Gasteiger partial charge in [0.25, 0.3) is 5.91 Å². The largest absolute Gasteiger partial charge is 0.478 e. The molecule has 1 fully saturated rings. The molecule has 1 atom stereocenters. The Morgan fingerprint density at radius 3 is 2.27 bits per heavy atom. The first-order chi connectivity index (χ1) is 12.3. The van der Waals surface area contributed by atoms with Crippen molar-refractivity contribution in [1.82, 2.24) is 0 Å². The predicted octanol–water partition coefficient (Wildman–Crippen LogP) is 4.09. The standard InChI is InChI=1S/C17H11Cl3N2O4/c18-10-5-12(20)13(6-11(10)19)21-14-7-15(23)22(16(14)24)9-3-1-8(2-4-9)17(25)26/h1-6,14,21H,7H2,(H,25,26). The van der Waals surface area contributed by atoms with Crippen molar-refractivity contribution < 1.29 is 19.5 Å². The zero-order valence-corrected chi connectivity index (χ0v) is 15.3. The summed E-state index contributed by atoms with van der Waals surface area (Å²) in [6.45, 7) is 0. The Hall–Kier alpha value is -2.28. The number of benzene rings is 2. The van der Waals surface area contributed by atoms with Gasteiger partial charge in [0.05, 0.1) is 38.4 Å². The van der Waals surface area contributed by atoms with Gasteiger partial charge in [-0.1, -0.05) is 34.8 Å². The average molecular weight is 414 g/mol. The van der Waals surface area contributed by atoms with Crippen LogP contribution in [0.3, 0.4) is 0 Å². The van der Waals surface area contributed by atoms with Crippen LogP contribution in [0.25, 0.3) is 0 Å². The number of aromatic carboxylic acids is 1. The zero-order valence-electron chi connectivity index (χ0n) is 13.0. The Bertz CT molecular complexity index is 915. The number of nitrogens with zero attached hydrogens (tertiary/aromatic N) is 1.